The summed E-state index contributed by atoms with van der Waals surface area (Å²) < 4.78 is 10.6. The molecule has 1 atom stereocenters. The number of morpholine rings is 2. The first kappa shape index (κ1) is 24.6. The Labute approximate surface area is 177 Å². The summed E-state index contributed by atoms with van der Waals surface area (Å²) >= 11 is 0. The van der Waals surface area contributed by atoms with E-state index in [2.05, 4.69) is 20.9 Å². The average Bonchev–Trinajstić information content (AvgIpc) is 2.70. The Bertz CT molecular complexity index is 606. The second-order valence-electron chi connectivity index (χ2n) is 6.36. The van der Waals surface area contributed by atoms with Crippen molar-refractivity contribution in [2.45, 2.75) is 6.04 Å². The molecule has 2 aliphatic heterocycles. The van der Waals surface area contributed by atoms with Crippen LogP contribution in [0, 0.1) is 0 Å². The number of anilines is 1. The number of ether oxygens (including phenoxy) is 2. The minimum absolute atomic E-state index is 0. The summed E-state index contributed by atoms with van der Waals surface area (Å²) in [5.74, 6) is -0.245. The van der Waals surface area contributed by atoms with Gasteiger partial charge in [-0.25, -0.2) is 0 Å². The molecule has 8 nitrogen and oxygen atoms in total. The minimum atomic E-state index is -0.341. The van der Waals surface area contributed by atoms with E-state index >= 15 is 0 Å². The van der Waals surface area contributed by atoms with Gasteiger partial charge in [0.2, 0.25) is 5.91 Å². The number of carbonyl (C=O) groups excluding carboxylic acids is 2. The van der Waals surface area contributed by atoms with Crippen LogP contribution in [0.2, 0.25) is 0 Å². The third-order valence-electron chi connectivity index (χ3n) is 4.47. The van der Waals surface area contributed by atoms with Crippen molar-refractivity contribution in [3.05, 3.63) is 29.8 Å². The molecule has 1 unspecified atom stereocenters. The average molecular weight is 435 g/mol. The van der Waals surface area contributed by atoms with Gasteiger partial charge >= 0.3 is 0 Å². The number of amides is 2. The molecule has 2 saturated heterocycles. The molecule has 3 rings (SSSR count). The number of hydrogen-bond donors (Lipinski definition) is 3. The van der Waals surface area contributed by atoms with Crippen molar-refractivity contribution in [2.75, 3.05) is 64.5 Å². The smallest absolute Gasteiger partial charge is 0.251 e. The van der Waals surface area contributed by atoms with E-state index in [9.17, 15) is 9.59 Å². The first-order chi connectivity index (χ1) is 12.7. The van der Waals surface area contributed by atoms with Crippen molar-refractivity contribution in [3.63, 3.8) is 0 Å². The van der Waals surface area contributed by atoms with Gasteiger partial charge in [-0.05, 0) is 24.3 Å². The van der Waals surface area contributed by atoms with Gasteiger partial charge in [0.05, 0.1) is 26.4 Å². The standard InChI is InChI=1S/C18H26N4O4.2ClH/c23-17(20-5-7-22-8-11-25-12-9-22)14-1-3-15(4-2-14)21-18(24)16-13-26-10-6-19-16;;/h1-4,16,19H,5-13H2,(H,20,23)(H,21,24);2*1H. The molecule has 0 saturated carbocycles. The van der Waals surface area contributed by atoms with Crippen molar-refractivity contribution in [1.29, 1.82) is 0 Å². The van der Waals surface area contributed by atoms with Crippen LogP contribution in [0.15, 0.2) is 24.3 Å². The van der Waals surface area contributed by atoms with E-state index in [0.29, 0.717) is 37.6 Å². The molecule has 2 amide bonds. The van der Waals surface area contributed by atoms with Gasteiger partial charge < -0.3 is 25.4 Å². The number of halogens is 2. The molecule has 2 aliphatic rings. The van der Waals surface area contributed by atoms with Crippen LogP contribution in [-0.2, 0) is 14.3 Å². The molecule has 0 radical (unpaired) electrons. The van der Waals surface area contributed by atoms with Crippen LogP contribution in [0.25, 0.3) is 0 Å². The molecule has 1 aromatic carbocycles. The molecule has 1 aromatic rings. The maximum absolute atomic E-state index is 12.2. The van der Waals surface area contributed by atoms with Crippen molar-refractivity contribution >= 4 is 42.3 Å². The van der Waals surface area contributed by atoms with Crippen molar-refractivity contribution < 1.29 is 19.1 Å². The first-order valence-electron chi connectivity index (χ1n) is 9.03. The topological polar surface area (TPSA) is 91.9 Å². The van der Waals surface area contributed by atoms with Crippen molar-refractivity contribution in [3.8, 4) is 0 Å². The minimum Gasteiger partial charge on any atom is -0.379 e. The predicted octanol–water partition coefficient (Wildman–Crippen LogP) is 0.519. The zero-order valence-electron chi connectivity index (χ0n) is 15.6. The SMILES string of the molecule is Cl.Cl.O=C(NCCN1CCOCC1)c1ccc(NC(=O)C2COCCN2)cc1. The Balaban J connectivity index is 0.00000196. The Kier molecular flexibility index (Phi) is 11.4. The van der Waals surface area contributed by atoms with Crippen LogP contribution in [0.5, 0.6) is 0 Å². The molecule has 28 heavy (non-hydrogen) atoms. The fraction of sp³-hybridized carbons (Fsp3) is 0.556. The third-order valence-corrected chi connectivity index (χ3v) is 4.47. The van der Waals surface area contributed by atoms with Crippen LogP contribution in [-0.4, -0.2) is 81.9 Å². The summed E-state index contributed by atoms with van der Waals surface area (Å²) in [7, 11) is 0. The van der Waals surface area contributed by atoms with Gasteiger partial charge in [0, 0.05) is 44.0 Å². The van der Waals surface area contributed by atoms with Crippen LogP contribution in [0.1, 0.15) is 10.4 Å². The number of nitrogens with one attached hydrogen (secondary N) is 3. The van der Waals surface area contributed by atoms with Gasteiger partial charge in [0.15, 0.2) is 0 Å². The number of nitrogens with zero attached hydrogens (tertiary/aromatic N) is 1. The van der Waals surface area contributed by atoms with Gasteiger partial charge in [-0.15, -0.1) is 24.8 Å². The lowest BCUT2D eigenvalue weighted by molar-refractivity contribution is -0.120. The third kappa shape index (κ3) is 7.54. The molecule has 2 heterocycles. The number of benzene rings is 1. The quantitative estimate of drug-likeness (QED) is 0.604. The lowest BCUT2D eigenvalue weighted by Crippen LogP contribution is -2.48. The summed E-state index contributed by atoms with van der Waals surface area (Å²) in [6.45, 7) is 6.41. The van der Waals surface area contributed by atoms with Crippen LogP contribution >= 0.6 is 24.8 Å². The van der Waals surface area contributed by atoms with Crippen LogP contribution in [0.3, 0.4) is 0 Å². The second-order valence-corrected chi connectivity index (χ2v) is 6.36. The molecule has 10 heteroatoms. The predicted molar refractivity (Wildman–Crippen MR) is 112 cm³/mol. The molecule has 2 fully saturated rings. The van der Waals surface area contributed by atoms with Gasteiger partial charge in [-0.1, -0.05) is 0 Å². The highest BCUT2D eigenvalue weighted by Crippen LogP contribution is 2.10. The molecule has 0 aliphatic carbocycles. The van der Waals surface area contributed by atoms with Gasteiger partial charge in [-0.2, -0.15) is 0 Å². The van der Waals surface area contributed by atoms with Gasteiger partial charge in [-0.3, -0.25) is 14.5 Å². The van der Waals surface area contributed by atoms with Crippen molar-refractivity contribution in [1.82, 2.24) is 15.5 Å². The molecular formula is C18H28Cl2N4O4. The number of carbonyl (C=O) groups is 2. The Morgan fingerprint density at radius 3 is 2.43 bits per heavy atom. The van der Waals surface area contributed by atoms with E-state index in [1.165, 1.54) is 0 Å². The molecule has 0 bridgehead atoms. The van der Waals surface area contributed by atoms with E-state index < -0.39 is 0 Å². The summed E-state index contributed by atoms with van der Waals surface area (Å²) in [5.41, 5.74) is 1.23. The number of hydrogen-bond acceptors (Lipinski definition) is 6. The highest BCUT2D eigenvalue weighted by Gasteiger charge is 2.21. The monoisotopic (exact) mass is 434 g/mol. The van der Waals surface area contributed by atoms with Gasteiger partial charge in [0.25, 0.3) is 5.91 Å². The zero-order chi connectivity index (χ0) is 18.2. The molecule has 0 spiro atoms. The molecule has 0 aromatic heterocycles. The van der Waals surface area contributed by atoms with Crippen LogP contribution < -0.4 is 16.0 Å². The summed E-state index contributed by atoms with van der Waals surface area (Å²) in [4.78, 5) is 26.6. The van der Waals surface area contributed by atoms with Crippen LogP contribution in [0.4, 0.5) is 5.69 Å². The van der Waals surface area contributed by atoms with E-state index in [-0.39, 0.29) is 42.7 Å². The maximum Gasteiger partial charge on any atom is 0.251 e. The fourth-order valence-electron chi connectivity index (χ4n) is 2.92. The lowest BCUT2D eigenvalue weighted by atomic mass is 10.2. The van der Waals surface area contributed by atoms with E-state index in [1.54, 1.807) is 24.3 Å². The van der Waals surface area contributed by atoms with Gasteiger partial charge in [0.1, 0.15) is 6.04 Å². The Morgan fingerprint density at radius 2 is 1.79 bits per heavy atom. The second kappa shape index (κ2) is 12.9. The summed E-state index contributed by atoms with van der Waals surface area (Å²) in [6, 6.07) is 6.55. The Morgan fingerprint density at radius 1 is 1.07 bits per heavy atom. The fourth-order valence-corrected chi connectivity index (χ4v) is 2.92. The highest BCUT2D eigenvalue weighted by molar-refractivity contribution is 5.97. The van der Waals surface area contributed by atoms with Crippen molar-refractivity contribution in [2.24, 2.45) is 0 Å². The highest BCUT2D eigenvalue weighted by atomic mass is 35.5. The lowest BCUT2D eigenvalue weighted by Gasteiger charge is -2.26. The molecule has 3 N–H and O–H groups in total. The first-order valence-corrected chi connectivity index (χ1v) is 9.03. The number of rotatable bonds is 6. The molecule has 158 valence electrons. The zero-order valence-corrected chi connectivity index (χ0v) is 17.3. The normalized spacial score (nSPS) is 19.6. The Hall–Kier alpha value is -1.42. The molecular weight excluding hydrogens is 407 g/mol. The van der Waals surface area contributed by atoms with E-state index in [4.69, 9.17) is 9.47 Å². The summed E-state index contributed by atoms with van der Waals surface area (Å²) in [5, 5.41) is 8.86. The summed E-state index contributed by atoms with van der Waals surface area (Å²) in [6.07, 6.45) is 0. The largest absolute Gasteiger partial charge is 0.379 e. The maximum atomic E-state index is 12.2. The van der Waals surface area contributed by atoms with E-state index in [0.717, 1.165) is 32.8 Å². The van der Waals surface area contributed by atoms with E-state index in [1.807, 2.05) is 0 Å².